The first-order valence-electron chi connectivity index (χ1n) is 32.7. The molecular weight excluding hydrogens is 1120 g/mol. The largest absolute Gasteiger partial charge is 0.456 e. The summed E-state index contributed by atoms with van der Waals surface area (Å²) in [5.74, 6) is 0. The lowest BCUT2D eigenvalue weighted by Crippen LogP contribution is -2.60. The first-order valence-corrected chi connectivity index (χ1v) is 32.7. The van der Waals surface area contributed by atoms with Crippen molar-refractivity contribution in [3.05, 3.63) is 331 Å². The second-order valence-corrected chi connectivity index (χ2v) is 26.9. The number of rotatable bonds is 6. The fourth-order valence-corrected chi connectivity index (χ4v) is 17.2. The predicted molar refractivity (Wildman–Crippen MR) is 392 cm³/mol. The molecule has 0 spiro atoms. The summed E-state index contributed by atoms with van der Waals surface area (Å²) in [4.78, 5) is 2.70. The predicted octanol–water partition coefficient (Wildman–Crippen LogP) is 21.4. The Morgan fingerprint density at radius 3 is 1.54 bits per heavy atom. The normalized spacial score (nSPS) is 13.6. The van der Waals surface area contributed by atoms with Gasteiger partial charge < -0.3 is 13.9 Å². The topological polar surface area (TPSA) is 21.3 Å². The summed E-state index contributed by atoms with van der Waals surface area (Å²) in [7, 11) is 0. The van der Waals surface area contributed by atoms with E-state index in [2.05, 4.69) is 334 Å². The molecule has 0 amide bonds. The molecule has 0 fully saturated rings. The van der Waals surface area contributed by atoms with Gasteiger partial charge in [-0.1, -0.05) is 269 Å². The molecule has 4 heterocycles. The third kappa shape index (κ3) is 7.21. The average Bonchev–Trinajstić information content (AvgIpc) is 1.55. The lowest BCUT2D eigenvalue weighted by molar-refractivity contribution is 0.591. The van der Waals surface area contributed by atoms with Gasteiger partial charge in [0.15, 0.2) is 0 Å². The molecule has 0 atom stereocenters. The number of para-hydroxylation sites is 2. The highest BCUT2D eigenvalue weighted by molar-refractivity contribution is 7.00. The number of nitrogens with zero attached hydrogens (tertiary/aromatic N) is 2. The number of aromatic nitrogens is 1. The molecule has 0 bridgehead atoms. The summed E-state index contributed by atoms with van der Waals surface area (Å²) in [6.45, 7) is 6.79. The van der Waals surface area contributed by atoms with Crippen molar-refractivity contribution in [1.82, 2.24) is 4.57 Å². The van der Waals surface area contributed by atoms with Crippen molar-refractivity contribution in [1.29, 1.82) is 0 Å². The Morgan fingerprint density at radius 2 is 0.892 bits per heavy atom. The Morgan fingerprint density at radius 1 is 0.355 bits per heavy atom. The molecule has 2 aromatic heterocycles. The summed E-state index contributed by atoms with van der Waals surface area (Å²) in [6.07, 6.45) is 0. The van der Waals surface area contributed by atoms with E-state index >= 15 is 0 Å². The van der Waals surface area contributed by atoms with Crippen LogP contribution in [0.5, 0.6) is 0 Å². The fraction of sp³-hybridized carbons (Fsp3) is 0.0562. The first kappa shape index (κ1) is 52.3. The first-order chi connectivity index (χ1) is 45.8. The number of hydrogen-bond acceptors (Lipinski definition) is 2. The maximum atomic E-state index is 7.13. The summed E-state index contributed by atoms with van der Waals surface area (Å²) in [5, 5.41) is 12.2. The van der Waals surface area contributed by atoms with E-state index in [0.717, 1.165) is 61.3 Å². The van der Waals surface area contributed by atoms with Crippen molar-refractivity contribution in [3.8, 4) is 50.2 Å². The molecule has 0 saturated carbocycles. The van der Waals surface area contributed by atoms with E-state index in [9.17, 15) is 0 Å². The van der Waals surface area contributed by atoms with Crippen LogP contribution in [0.3, 0.4) is 0 Å². The van der Waals surface area contributed by atoms with Gasteiger partial charge in [0.25, 0.3) is 6.71 Å². The number of furan rings is 1. The molecule has 0 N–H and O–H groups in total. The number of benzene rings is 15. The molecule has 93 heavy (non-hydrogen) atoms. The molecule has 15 aromatic carbocycles. The van der Waals surface area contributed by atoms with Crippen LogP contribution < -0.4 is 21.3 Å². The number of hydrogen-bond donors (Lipinski definition) is 0. The summed E-state index contributed by atoms with van der Waals surface area (Å²) < 4.78 is 9.81. The monoisotopic (exact) mass is 1180 g/mol. The van der Waals surface area contributed by atoms with Gasteiger partial charge in [-0.15, -0.1) is 0 Å². The smallest absolute Gasteiger partial charge is 0.252 e. The Balaban J connectivity index is 0.998. The van der Waals surface area contributed by atoms with Crippen molar-refractivity contribution >= 4 is 116 Å². The second kappa shape index (κ2) is 19.3. The quantitative estimate of drug-likeness (QED) is 0.122. The Labute approximate surface area is 539 Å². The van der Waals surface area contributed by atoms with Gasteiger partial charge in [0.05, 0.1) is 22.1 Å². The van der Waals surface area contributed by atoms with Crippen molar-refractivity contribution in [2.75, 3.05) is 4.90 Å². The van der Waals surface area contributed by atoms with Crippen LogP contribution in [0.2, 0.25) is 0 Å². The zero-order valence-corrected chi connectivity index (χ0v) is 51.7. The van der Waals surface area contributed by atoms with Gasteiger partial charge in [0.2, 0.25) is 0 Å². The van der Waals surface area contributed by atoms with Gasteiger partial charge in [0.1, 0.15) is 11.2 Å². The van der Waals surface area contributed by atoms with E-state index in [4.69, 9.17) is 4.42 Å². The number of anilines is 3. The van der Waals surface area contributed by atoms with Gasteiger partial charge in [-0.3, -0.25) is 0 Å². The van der Waals surface area contributed by atoms with Gasteiger partial charge in [-0.05, 0) is 170 Å². The Bertz CT molecular complexity index is 5900. The number of fused-ring (bicyclic) bond motifs is 20. The maximum absolute atomic E-state index is 7.13. The fourth-order valence-electron chi connectivity index (χ4n) is 17.2. The van der Waals surface area contributed by atoms with Crippen LogP contribution in [0.4, 0.5) is 17.1 Å². The van der Waals surface area contributed by atoms with E-state index in [1.807, 2.05) is 0 Å². The third-order valence-corrected chi connectivity index (χ3v) is 21.1. The maximum Gasteiger partial charge on any atom is 0.252 e. The van der Waals surface area contributed by atoms with Gasteiger partial charge >= 0.3 is 0 Å². The Hall–Kier alpha value is -11.5. The molecule has 2 aliphatic heterocycles. The molecule has 20 rings (SSSR count). The molecule has 3 nitrogen and oxygen atoms in total. The van der Waals surface area contributed by atoms with E-state index in [1.54, 1.807) is 0 Å². The summed E-state index contributed by atoms with van der Waals surface area (Å²) >= 11 is 0. The molecule has 0 saturated heterocycles. The van der Waals surface area contributed by atoms with Crippen molar-refractivity contribution in [2.24, 2.45) is 0 Å². The molecular formula is C89H59BN2O. The highest BCUT2D eigenvalue weighted by atomic mass is 16.3. The third-order valence-electron chi connectivity index (χ3n) is 21.1. The lowest BCUT2D eigenvalue weighted by Gasteiger charge is -2.43. The standard InChI is InChI=1S/C89H59BN2O/c1-88(2,3)60-49-69(54-26-8-4-9-27-54)86(70(50-60)55-28-10-5-11-29-55)92-78-51-72-66-38-22-25-43-81(66)93-82(72)53-75(78)90-76-52-74-83(67-39-20-23-41-73(67)89(74,58-30-12-6-13-31-58)59-32-14-7-15-33-59)84-68-40-21-24-42-77(68)91(87(76)84)79-47-57(48-80(92)85(79)90)56-44-45-65-63-36-17-16-34-61(63)62-35-18-19-37-64(62)71(65)46-56/h4-53H,1-3H3. The summed E-state index contributed by atoms with van der Waals surface area (Å²) in [5.41, 5.74) is 27.5. The molecule has 0 radical (unpaired) electrons. The molecule has 1 aliphatic carbocycles. The van der Waals surface area contributed by atoms with Crippen LogP contribution in [0.1, 0.15) is 48.6 Å². The van der Waals surface area contributed by atoms with Crippen LogP contribution in [-0.2, 0) is 10.8 Å². The highest BCUT2D eigenvalue weighted by Gasteiger charge is 2.51. The van der Waals surface area contributed by atoms with Crippen LogP contribution in [0, 0.1) is 0 Å². The zero-order chi connectivity index (χ0) is 61.4. The van der Waals surface area contributed by atoms with Gasteiger partial charge in [0, 0.05) is 49.7 Å². The minimum absolute atomic E-state index is 0.178. The van der Waals surface area contributed by atoms with Crippen LogP contribution >= 0.6 is 0 Å². The molecule has 434 valence electrons. The highest BCUT2D eigenvalue weighted by Crippen LogP contribution is 2.60. The van der Waals surface area contributed by atoms with E-state index < -0.39 is 5.41 Å². The van der Waals surface area contributed by atoms with Crippen molar-refractivity contribution < 1.29 is 4.42 Å². The molecule has 0 unspecified atom stereocenters. The minimum Gasteiger partial charge on any atom is -0.456 e. The van der Waals surface area contributed by atoms with Crippen molar-refractivity contribution in [3.63, 3.8) is 0 Å². The van der Waals surface area contributed by atoms with Gasteiger partial charge in [-0.25, -0.2) is 0 Å². The van der Waals surface area contributed by atoms with Gasteiger partial charge in [-0.2, -0.15) is 0 Å². The SMILES string of the molecule is CC(C)(C)c1cc(-c2ccccc2)c(N2c3cc4c(cc3B3c5c2cc(-c2ccc6c7ccccc7c7ccccc7c6c2)cc5-n2c5ccccc5c5c6c(cc3c52)C(c2ccccc2)(c2ccccc2)c2ccccc2-6)oc2ccccc24)c(-c2ccccc2)c1. The Kier molecular flexibility index (Phi) is 10.9. The molecule has 4 heteroatoms. The average molecular weight is 1180 g/mol. The van der Waals surface area contributed by atoms with E-state index in [-0.39, 0.29) is 12.1 Å². The second-order valence-electron chi connectivity index (χ2n) is 26.9. The summed E-state index contributed by atoms with van der Waals surface area (Å²) in [6, 6.07) is 115. The minimum atomic E-state index is -0.656. The van der Waals surface area contributed by atoms with E-state index in [1.165, 1.54) is 126 Å². The zero-order valence-electron chi connectivity index (χ0n) is 51.7. The molecule has 3 aliphatic rings. The van der Waals surface area contributed by atoms with Crippen LogP contribution in [0.15, 0.2) is 308 Å². The van der Waals surface area contributed by atoms with E-state index in [0.29, 0.717) is 0 Å². The van der Waals surface area contributed by atoms with Crippen LogP contribution in [0.25, 0.3) is 126 Å². The van der Waals surface area contributed by atoms with Crippen molar-refractivity contribution in [2.45, 2.75) is 31.6 Å². The lowest BCUT2D eigenvalue weighted by atomic mass is 9.33. The molecule has 17 aromatic rings. The van der Waals surface area contributed by atoms with Crippen LogP contribution in [-0.4, -0.2) is 11.3 Å².